The molecule has 2 aromatic carbocycles. The zero-order chi connectivity index (χ0) is 21.3. The molecule has 1 N–H and O–H groups in total. The average molecular weight is 405 g/mol. The van der Waals surface area contributed by atoms with Gasteiger partial charge in [0, 0.05) is 5.71 Å². The van der Waals surface area contributed by atoms with Crippen LogP contribution in [0.3, 0.4) is 0 Å². The quantitative estimate of drug-likeness (QED) is 0.793. The molecule has 1 aliphatic heterocycles. The molecule has 1 heterocycles. The normalized spacial score (nSPS) is 17.7. The second-order valence-electron chi connectivity index (χ2n) is 7.87. The van der Waals surface area contributed by atoms with Crippen LogP contribution in [-0.2, 0) is 9.59 Å². The summed E-state index contributed by atoms with van der Waals surface area (Å²) in [4.78, 5) is 32.8. The van der Waals surface area contributed by atoms with Crippen LogP contribution < -0.4 is 15.0 Å². The van der Waals surface area contributed by atoms with Crippen molar-refractivity contribution in [2.45, 2.75) is 40.0 Å². The minimum absolute atomic E-state index is 0.0403. The van der Waals surface area contributed by atoms with E-state index >= 15 is 0 Å². The third kappa shape index (κ3) is 3.82. The Morgan fingerprint density at radius 3 is 2.80 bits per heavy atom. The molecule has 1 atom stereocenters. The second-order valence-corrected chi connectivity index (χ2v) is 7.87. The number of carbonyl (C=O) groups excluding carboxylic acids is 2. The van der Waals surface area contributed by atoms with Crippen molar-refractivity contribution in [2.24, 2.45) is 10.9 Å². The van der Waals surface area contributed by atoms with Gasteiger partial charge < -0.3 is 15.0 Å². The predicted octanol–water partition coefficient (Wildman–Crippen LogP) is 4.56. The van der Waals surface area contributed by atoms with Crippen LogP contribution in [0.25, 0.3) is 0 Å². The number of benzene rings is 2. The summed E-state index contributed by atoms with van der Waals surface area (Å²) in [6.07, 6.45) is 2.58. The number of fused-ring (bicyclic) bond motifs is 2. The first-order valence-electron chi connectivity index (χ1n) is 10.5. The Kier molecular flexibility index (Phi) is 5.57. The van der Waals surface area contributed by atoms with Gasteiger partial charge in [-0.25, -0.2) is 0 Å². The molecule has 0 saturated heterocycles. The molecule has 1 fully saturated rings. The molecule has 2 amide bonds. The van der Waals surface area contributed by atoms with Crippen molar-refractivity contribution >= 4 is 34.6 Å². The number of hydrogen-bond acceptors (Lipinski definition) is 4. The van der Waals surface area contributed by atoms with E-state index in [2.05, 4.69) is 5.32 Å². The molecular formula is C24H27N3O3. The van der Waals surface area contributed by atoms with Gasteiger partial charge in [-0.3, -0.25) is 14.6 Å². The molecule has 0 spiro atoms. The van der Waals surface area contributed by atoms with E-state index < -0.39 is 0 Å². The molecule has 30 heavy (non-hydrogen) atoms. The summed E-state index contributed by atoms with van der Waals surface area (Å²) >= 11 is 0. The topological polar surface area (TPSA) is 71.0 Å². The number of anilines is 2. The number of hydrogen-bond donors (Lipinski definition) is 1. The number of nitrogens with one attached hydrogen (secondary N) is 1. The zero-order valence-electron chi connectivity index (χ0n) is 17.7. The Labute approximate surface area is 176 Å². The molecule has 2 aromatic rings. The van der Waals surface area contributed by atoms with E-state index in [0.29, 0.717) is 23.7 Å². The fourth-order valence-electron chi connectivity index (χ4n) is 4.13. The van der Waals surface area contributed by atoms with Gasteiger partial charge in [0.2, 0.25) is 11.8 Å². The summed E-state index contributed by atoms with van der Waals surface area (Å²) in [6, 6.07) is 11.3. The Morgan fingerprint density at radius 2 is 2.00 bits per heavy atom. The lowest BCUT2D eigenvalue weighted by Crippen LogP contribution is -2.42. The van der Waals surface area contributed by atoms with E-state index in [9.17, 15) is 9.59 Å². The molecule has 2 aliphatic rings. The molecule has 0 aromatic heterocycles. The number of nitrogens with zero attached hydrogens (tertiary/aromatic N) is 2. The number of aryl methyl sites for hydroxylation is 2. The van der Waals surface area contributed by atoms with E-state index in [4.69, 9.17) is 9.73 Å². The second kappa shape index (κ2) is 8.30. The van der Waals surface area contributed by atoms with Crippen molar-refractivity contribution in [3.63, 3.8) is 0 Å². The SMILES string of the molecule is CCOc1ccccc1NC(=O)CN1C(=O)C2CCCC2=Nc2cc(C)c(C)cc21. The summed E-state index contributed by atoms with van der Waals surface area (Å²) in [6.45, 7) is 6.39. The molecule has 156 valence electrons. The molecule has 6 heteroatoms. The highest BCUT2D eigenvalue weighted by Crippen LogP contribution is 2.39. The van der Waals surface area contributed by atoms with Gasteiger partial charge in [0.05, 0.1) is 29.6 Å². The molecule has 1 saturated carbocycles. The van der Waals surface area contributed by atoms with E-state index in [1.165, 1.54) is 0 Å². The highest BCUT2D eigenvalue weighted by molar-refractivity contribution is 6.17. The molecule has 4 rings (SSSR count). The molecule has 0 radical (unpaired) electrons. The number of para-hydroxylation sites is 2. The highest BCUT2D eigenvalue weighted by atomic mass is 16.5. The zero-order valence-corrected chi connectivity index (χ0v) is 17.7. The maximum Gasteiger partial charge on any atom is 0.244 e. The van der Waals surface area contributed by atoms with Gasteiger partial charge in [-0.05, 0) is 75.4 Å². The summed E-state index contributed by atoms with van der Waals surface area (Å²) < 4.78 is 5.60. The molecule has 1 aliphatic carbocycles. The average Bonchev–Trinajstić information content (AvgIpc) is 3.15. The first kappa shape index (κ1) is 20.1. The fraction of sp³-hybridized carbons (Fsp3) is 0.375. The van der Waals surface area contributed by atoms with Crippen molar-refractivity contribution in [3.8, 4) is 5.75 Å². The molecular weight excluding hydrogens is 378 g/mol. The summed E-state index contributed by atoms with van der Waals surface area (Å²) in [5.74, 6) is 0.0768. The smallest absolute Gasteiger partial charge is 0.244 e. The highest BCUT2D eigenvalue weighted by Gasteiger charge is 2.37. The Balaban J connectivity index is 1.64. The van der Waals surface area contributed by atoms with E-state index in [1.54, 1.807) is 11.0 Å². The van der Waals surface area contributed by atoms with Crippen LogP contribution in [0.15, 0.2) is 41.4 Å². The van der Waals surface area contributed by atoms with E-state index in [0.717, 1.165) is 41.8 Å². The summed E-state index contributed by atoms with van der Waals surface area (Å²) in [5.41, 5.74) is 5.21. The third-order valence-electron chi connectivity index (χ3n) is 5.80. The largest absolute Gasteiger partial charge is 0.492 e. The van der Waals surface area contributed by atoms with Crippen LogP contribution >= 0.6 is 0 Å². The number of carbonyl (C=O) groups is 2. The number of amides is 2. The van der Waals surface area contributed by atoms with Crippen LogP contribution in [0.5, 0.6) is 5.75 Å². The van der Waals surface area contributed by atoms with Gasteiger partial charge in [0.25, 0.3) is 0 Å². The Hall–Kier alpha value is -3.15. The lowest BCUT2D eigenvalue weighted by Gasteiger charge is -2.25. The van der Waals surface area contributed by atoms with Gasteiger partial charge in [-0.2, -0.15) is 0 Å². The predicted molar refractivity (Wildman–Crippen MR) is 119 cm³/mol. The minimum Gasteiger partial charge on any atom is -0.492 e. The van der Waals surface area contributed by atoms with Gasteiger partial charge in [0.15, 0.2) is 0 Å². The van der Waals surface area contributed by atoms with Gasteiger partial charge in [0.1, 0.15) is 12.3 Å². The van der Waals surface area contributed by atoms with Crippen LogP contribution in [0.4, 0.5) is 17.1 Å². The monoisotopic (exact) mass is 405 g/mol. The van der Waals surface area contributed by atoms with Gasteiger partial charge in [-0.1, -0.05) is 12.1 Å². The van der Waals surface area contributed by atoms with Crippen LogP contribution in [-0.4, -0.2) is 30.7 Å². The fourth-order valence-corrected chi connectivity index (χ4v) is 4.13. The third-order valence-corrected chi connectivity index (χ3v) is 5.80. The Bertz CT molecular complexity index is 1030. The Morgan fingerprint density at radius 1 is 1.23 bits per heavy atom. The molecule has 1 unspecified atom stereocenters. The lowest BCUT2D eigenvalue weighted by atomic mass is 10.0. The first-order chi connectivity index (χ1) is 14.5. The maximum atomic E-state index is 13.4. The van der Waals surface area contributed by atoms with Crippen LogP contribution in [0, 0.1) is 19.8 Å². The standard InChI is InChI=1S/C24H27N3O3/c1-4-30-22-11-6-5-9-19(22)26-23(28)14-27-21-13-16(3)15(2)12-20(21)25-18-10-7-8-17(18)24(27)29/h5-6,9,11-13,17H,4,7-8,10,14H2,1-3H3,(H,26,28). The van der Waals surface area contributed by atoms with Gasteiger partial charge in [-0.15, -0.1) is 0 Å². The number of aliphatic imine (C=N–C) groups is 1. The van der Waals surface area contributed by atoms with Crippen molar-refractivity contribution < 1.29 is 14.3 Å². The van der Waals surface area contributed by atoms with Crippen LogP contribution in [0.2, 0.25) is 0 Å². The minimum atomic E-state index is -0.263. The first-order valence-corrected chi connectivity index (χ1v) is 10.5. The number of ether oxygens (including phenoxy) is 1. The summed E-state index contributed by atoms with van der Waals surface area (Å²) in [5, 5.41) is 2.90. The number of rotatable bonds is 5. The summed E-state index contributed by atoms with van der Waals surface area (Å²) in [7, 11) is 0. The van der Waals surface area contributed by atoms with E-state index in [-0.39, 0.29) is 24.3 Å². The molecule has 6 nitrogen and oxygen atoms in total. The van der Waals surface area contributed by atoms with Crippen molar-refractivity contribution in [3.05, 3.63) is 47.5 Å². The maximum absolute atomic E-state index is 13.4. The van der Waals surface area contributed by atoms with Crippen molar-refractivity contribution in [2.75, 3.05) is 23.4 Å². The lowest BCUT2D eigenvalue weighted by molar-refractivity contribution is -0.123. The van der Waals surface area contributed by atoms with E-state index in [1.807, 2.05) is 51.1 Å². The van der Waals surface area contributed by atoms with Crippen LogP contribution in [0.1, 0.15) is 37.3 Å². The van der Waals surface area contributed by atoms with Crippen molar-refractivity contribution in [1.82, 2.24) is 0 Å². The molecule has 0 bridgehead atoms. The van der Waals surface area contributed by atoms with Crippen molar-refractivity contribution in [1.29, 1.82) is 0 Å². The van der Waals surface area contributed by atoms with Gasteiger partial charge >= 0.3 is 0 Å².